The van der Waals surface area contributed by atoms with E-state index in [0.717, 1.165) is 11.3 Å². The highest BCUT2D eigenvalue weighted by atomic mass is 16.5. The van der Waals surface area contributed by atoms with Gasteiger partial charge in [-0.3, -0.25) is 4.79 Å². The molecule has 0 saturated carbocycles. The van der Waals surface area contributed by atoms with Gasteiger partial charge in [-0.05, 0) is 25.0 Å². The minimum atomic E-state index is -1.57. The summed E-state index contributed by atoms with van der Waals surface area (Å²) in [5, 5.41) is 19.8. The summed E-state index contributed by atoms with van der Waals surface area (Å²) in [4.78, 5) is 21.7. The number of rotatable bonds is 8. The number of carbonyl (C=O) groups is 2. The highest BCUT2D eigenvalue weighted by molar-refractivity contribution is 5.77. The SMILES string of the molecule is Cc1ccccc1OCCCC(=O)NCC(O)C(=O)O. The van der Waals surface area contributed by atoms with E-state index >= 15 is 0 Å². The Labute approximate surface area is 117 Å². The van der Waals surface area contributed by atoms with Crippen molar-refractivity contribution in [1.82, 2.24) is 5.32 Å². The van der Waals surface area contributed by atoms with Crippen molar-refractivity contribution < 1.29 is 24.5 Å². The molecule has 20 heavy (non-hydrogen) atoms. The first-order valence-corrected chi connectivity index (χ1v) is 6.36. The molecule has 0 spiro atoms. The average molecular weight is 281 g/mol. The molecule has 0 bridgehead atoms. The summed E-state index contributed by atoms with van der Waals surface area (Å²) in [7, 11) is 0. The van der Waals surface area contributed by atoms with Crippen LogP contribution in [0.15, 0.2) is 24.3 Å². The van der Waals surface area contributed by atoms with Crippen LogP contribution in [0.2, 0.25) is 0 Å². The highest BCUT2D eigenvalue weighted by Gasteiger charge is 2.13. The first kappa shape index (κ1) is 16.0. The Balaban J connectivity index is 2.16. The normalized spacial score (nSPS) is 11.7. The molecule has 6 nitrogen and oxygen atoms in total. The number of aliphatic hydroxyl groups excluding tert-OH is 1. The van der Waals surface area contributed by atoms with Crippen LogP contribution in [-0.2, 0) is 9.59 Å². The molecule has 0 aliphatic heterocycles. The number of nitrogens with one attached hydrogen (secondary N) is 1. The van der Waals surface area contributed by atoms with Crippen LogP contribution in [0, 0.1) is 6.92 Å². The minimum absolute atomic E-state index is 0.220. The Bertz CT molecular complexity index is 461. The maximum atomic E-state index is 11.4. The zero-order valence-electron chi connectivity index (χ0n) is 11.3. The van der Waals surface area contributed by atoms with Gasteiger partial charge >= 0.3 is 5.97 Å². The Kier molecular flexibility index (Phi) is 6.52. The van der Waals surface area contributed by atoms with Gasteiger partial charge in [0.15, 0.2) is 6.10 Å². The first-order chi connectivity index (χ1) is 9.50. The number of carbonyl (C=O) groups excluding carboxylic acids is 1. The summed E-state index contributed by atoms with van der Waals surface area (Å²) in [6.45, 7) is 2.06. The molecule has 1 aromatic carbocycles. The van der Waals surface area contributed by atoms with Crippen LogP contribution in [0.4, 0.5) is 0 Å². The molecule has 1 aromatic rings. The molecular weight excluding hydrogens is 262 g/mol. The molecule has 0 radical (unpaired) electrons. The van der Waals surface area contributed by atoms with Crippen LogP contribution in [-0.4, -0.2) is 41.3 Å². The van der Waals surface area contributed by atoms with Gasteiger partial charge in [-0.25, -0.2) is 4.79 Å². The van der Waals surface area contributed by atoms with Gasteiger partial charge in [-0.2, -0.15) is 0 Å². The molecule has 0 heterocycles. The van der Waals surface area contributed by atoms with Crippen molar-refractivity contribution in [3.05, 3.63) is 29.8 Å². The molecule has 1 amide bonds. The Hall–Kier alpha value is -2.08. The van der Waals surface area contributed by atoms with Crippen molar-refractivity contribution in [3.8, 4) is 5.75 Å². The second-order valence-electron chi connectivity index (χ2n) is 4.38. The quantitative estimate of drug-likeness (QED) is 0.610. The molecule has 0 aliphatic carbocycles. The lowest BCUT2D eigenvalue weighted by Gasteiger charge is -2.09. The van der Waals surface area contributed by atoms with Gasteiger partial charge in [0, 0.05) is 6.42 Å². The van der Waals surface area contributed by atoms with Crippen LogP contribution in [0.1, 0.15) is 18.4 Å². The van der Waals surface area contributed by atoms with E-state index in [1.807, 2.05) is 31.2 Å². The largest absolute Gasteiger partial charge is 0.493 e. The van der Waals surface area contributed by atoms with Crippen molar-refractivity contribution in [2.24, 2.45) is 0 Å². The molecule has 110 valence electrons. The van der Waals surface area contributed by atoms with E-state index in [9.17, 15) is 9.59 Å². The van der Waals surface area contributed by atoms with Crippen molar-refractivity contribution in [2.75, 3.05) is 13.2 Å². The molecule has 0 aromatic heterocycles. The highest BCUT2D eigenvalue weighted by Crippen LogP contribution is 2.16. The van der Waals surface area contributed by atoms with E-state index in [0.29, 0.717) is 13.0 Å². The maximum absolute atomic E-state index is 11.4. The van der Waals surface area contributed by atoms with Gasteiger partial charge in [0.2, 0.25) is 5.91 Å². The fourth-order valence-corrected chi connectivity index (χ4v) is 1.52. The van der Waals surface area contributed by atoms with E-state index in [1.54, 1.807) is 0 Å². The van der Waals surface area contributed by atoms with Crippen LogP contribution in [0.25, 0.3) is 0 Å². The summed E-state index contributed by atoms with van der Waals surface area (Å²) < 4.78 is 5.53. The minimum Gasteiger partial charge on any atom is -0.493 e. The van der Waals surface area contributed by atoms with Gasteiger partial charge in [-0.15, -0.1) is 0 Å². The summed E-state index contributed by atoms with van der Waals surface area (Å²) in [6.07, 6.45) is -0.830. The van der Waals surface area contributed by atoms with Gasteiger partial charge < -0.3 is 20.3 Å². The first-order valence-electron chi connectivity index (χ1n) is 6.36. The van der Waals surface area contributed by atoms with Gasteiger partial charge in [0.25, 0.3) is 0 Å². The Morgan fingerprint density at radius 3 is 2.70 bits per heavy atom. The lowest BCUT2D eigenvalue weighted by Crippen LogP contribution is -2.36. The molecule has 3 N–H and O–H groups in total. The number of aliphatic hydroxyl groups is 1. The van der Waals surface area contributed by atoms with Crippen molar-refractivity contribution >= 4 is 11.9 Å². The number of ether oxygens (including phenoxy) is 1. The third kappa shape index (κ3) is 5.71. The summed E-state index contributed by atoms with van der Waals surface area (Å²) >= 11 is 0. The van der Waals surface area contributed by atoms with Crippen molar-refractivity contribution in [2.45, 2.75) is 25.9 Å². The molecule has 1 rings (SSSR count). The molecular formula is C14H19NO5. The maximum Gasteiger partial charge on any atom is 0.334 e. The number of para-hydroxylation sites is 1. The number of aliphatic carboxylic acids is 1. The summed E-state index contributed by atoms with van der Waals surface area (Å²) in [5.74, 6) is -0.874. The average Bonchev–Trinajstić information content (AvgIpc) is 2.42. The molecule has 0 fully saturated rings. The zero-order chi connectivity index (χ0) is 15.0. The lowest BCUT2D eigenvalue weighted by molar-refractivity contribution is -0.146. The fourth-order valence-electron chi connectivity index (χ4n) is 1.52. The van der Waals surface area contributed by atoms with Crippen molar-refractivity contribution in [1.29, 1.82) is 0 Å². The number of hydrogen-bond acceptors (Lipinski definition) is 4. The van der Waals surface area contributed by atoms with E-state index in [2.05, 4.69) is 5.32 Å². The Morgan fingerprint density at radius 1 is 1.35 bits per heavy atom. The van der Waals surface area contributed by atoms with Gasteiger partial charge in [-0.1, -0.05) is 18.2 Å². The summed E-state index contributed by atoms with van der Waals surface area (Å²) in [6, 6.07) is 7.60. The lowest BCUT2D eigenvalue weighted by atomic mass is 10.2. The molecule has 0 aliphatic rings. The number of benzene rings is 1. The van der Waals surface area contributed by atoms with E-state index in [4.69, 9.17) is 14.9 Å². The topological polar surface area (TPSA) is 95.9 Å². The van der Waals surface area contributed by atoms with Crippen molar-refractivity contribution in [3.63, 3.8) is 0 Å². The third-order valence-corrected chi connectivity index (χ3v) is 2.68. The molecule has 1 unspecified atom stereocenters. The third-order valence-electron chi connectivity index (χ3n) is 2.68. The molecule has 6 heteroatoms. The molecule has 0 saturated heterocycles. The Morgan fingerprint density at radius 2 is 2.05 bits per heavy atom. The standard InChI is InChI=1S/C14H19NO5/c1-10-5-2-3-6-12(10)20-8-4-7-13(17)15-9-11(16)14(18)19/h2-3,5-6,11,16H,4,7-9H2,1H3,(H,15,17)(H,18,19). The zero-order valence-corrected chi connectivity index (χ0v) is 11.3. The number of carboxylic acids is 1. The van der Waals surface area contributed by atoms with Crippen LogP contribution >= 0.6 is 0 Å². The van der Waals surface area contributed by atoms with Gasteiger partial charge in [0.1, 0.15) is 5.75 Å². The smallest absolute Gasteiger partial charge is 0.334 e. The molecule has 1 atom stereocenters. The predicted octanol–water partition coefficient (Wildman–Crippen LogP) is 0.716. The number of carboxylic acid groups (broad SMARTS) is 1. The summed E-state index contributed by atoms with van der Waals surface area (Å²) in [5.41, 5.74) is 1.03. The second-order valence-corrected chi connectivity index (χ2v) is 4.38. The van der Waals surface area contributed by atoms with Crippen LogP contribution < -0.4 is 10.1 Å². The monoisotopic (exact) mass is 281 g/mol. The fraction of sp³-hybridized carbons (Fsp3) is 0.429. The van der Waals surface area contributed by atoms with Crippen LogP contribution in [0.5, 0.6) is 5.75 Å². The van der Waals surface area contributed by atoms with Gasteiger partial charge in [0.05, 0.1) is 13.2 Å². The number of hydrogen-bond donors (Lipinski definition) is 3. The van der Waals surface area contributed by atoms with E-state index in [1.165, 1.54) is 0 Å². The van der Waals surface area contributed by atoms with E-state index in [-0.39, 0.29) is 18.9 Å². The van der Waals surface area contributed by atoms with E-state index < -0.39 is 12.1 Å². The second kappa shape index (κ2) is 8.16. The number of aryl methyl sites for hydroxylation is 1. The van der Waals surface area contributed by atoms with Crippen LogP contribution in [0.3, 0.4) is 0 Å². The predicted molar refractivity (Wildman–Crippen MR) is 72.6 cm³/mol. The number of amides is 1.